The number of halogens is 1. The summed E-state index contributed by atoms with van der Waals surface area (Å²) < 4.78 is 41.1. The van der Waals surface area contributed by atoms with Crippen LogP contribution >= 0.6 is 0 Å². The first kappa shape index (κ1) is 17.0. The fourth-order valence-corrected chi connectivity index (χ4v) is 2.48. The van der Waals surface area contributed by atoms with Crippen molar-refractivity contribution in [1.29, 1.82) is 0 Å². The van der Waals surface area contributed by atoms with Gasteiger partial charge in [0.2, 0.25) is 0 Å². The topological polar surface area (TPSA) is 72.5 Å². The Labute approximate surface area is 134 Å². The maximum Gasteiger partial charge on any atom is 0.262 e. The van der Waals surface area contributed by atoms with Crippen molar-refractivity contribution >= 4 is 21.4 Å². The van der Waals surface area contributed by atoms with Gasteiger partial charge in [0.15, 0.2) is 16.4 Å². The molecule has 0 aliphatic carbocycles. The second-order valence-electron chi connectivity index (χ2n) is 5.04. The number of sulfone groups is 1. The molecular weight excluding hydrogens is 321 g/mol. The fraction of sp³-hybridized carbons (Fsp3) is 0.188. The Morgan fingerprint density at radius 2 is 1.83 bits per heavy atom. The van der Waals surface area contributed by atoms with Crippen molar-refractivity contribution < 1.29 is 22.3 Å². The average molecular weight is 337 g/mol. The van der Waals surface area contributed by atoms with Crippen molar-refractivity contribution in [1.82, 2.24) is 0 Å². The van der Waals surface area contributed by atoms with Crippen LogP contribution in [0.2, 0.25) is 0 Å². The molecule has 1 N–H and O–H groups in total. The molecule has 7 heteroatoms. The summed E-state index contributed by atoms with van der Waals surface area (Å²) in [5.74, 6) is -0.471. The number of anilines is 1. The minimum atomic E-state index is -3.36. The predicted molar refractivity (Wildman–Crippen MR) is 84.8 cm³/mol. The lowest BCUT2D eigenvalue weighted by atomic mass is 10.2. The summed E-state index contributed by atoms with van der Waals surface area (Å²) in [5.41, 5.74) is 1.13. The highest BCUT2D eigenvalue weighted by atomic mass is 32.2. The summed E-state index contributed by atoms with van der Waals surface area (Å²) in [6, 6.07) is 9.79. The SMILES string of the molecule is Cc1ccc(S(C)(=O)=O)cc1NC(=O)COc1ccc(F)cc1. The summed E-state index contributed by atoms with van der Waals surface area (Å²) in [6.45, 7) is 1.48. The number of hydrogen-bond donors (Lipinski definition) is 1. The second-order valence-corrected chi connectivity index (χ2v) is 7.06. The molecule has 122 valence electrons. The summed E-state index contributed by atoms with van der Waals surface area (Å²) in [5, 5.41) is 2.60. The molecule has 0 heterocycles. The lowest BCUT2D eigenvalue weighted by Gasteiger charge is -2.11. The molecule has 0 radical (unpaired) electrons. The standard InChI is InChI=1S/C16H16FNO4S/c1-11-3-8-14(23(2,20)21)9-15(11)18-16(19)10-22-13-6-4-12(17)5-7-13/h3-9H,10H2,1-2H3,(H,18,19). The molecule has 0 atom stereocenters. The van der Waals surface area contributed by atoms with E-state index in [0.717, 1.165) is 11.8 Å². The molecule has 2 aromatic carbocycles. The quantitative estimate of drug-likeness (QED) is 0.910. The van der Waals surface area contributed by atoms with E-state index in [0.29, 0.717) is 11.4 Å². The van der Waals surface area contributed by atoms with Crippen molar-refractivity contribution in [2.45, 2.75) is 11.8 Å². The Morgan fingerprint density at radius 1 is 1.17 bits per heavy atom. The molecule has 0 aromatic heterocycles. The van der Waals surface area contributed by atoms with E-state index in [4.69, 9.17) is 4.74 Å². The third-order valence-corrected chi connectivity index (χ3v) is 4.21. The normalized spacial score (nSPS) is 11.1. The molecule has 0 aliphatic rings. The van der Waals surface area contributed by atoms with Gasteiger partial charge in [0, 0.05) is 11.9 Å². The van der Waals surface area contributed by atoms with Gasteiger partial charge in [-0.05, 0) is 48.9 Å². The molecule has 0 saturated heterocycles. The van der Waals surface area contributed by atoms with E-state index in [2.05, 4.69) is 5.32 Å². The first-order valence-corrected chi connectivity index (χ1v) is 8.64. The van der Waals surface area contributed by atoms with E-state index in [1.54, 1.807) is 13.0 Å². The summed E-state index contributed by atoms with van der Waals surface area (Å²) in [6.07, 6.45) is 1.10. The third kappa shape index (κ3) is 4.79. The summed E-state index contributed by atoms with van der Waals surface area (Å²) >= 11 is 0. The number of hydrogen-bond acceptors (Lipinski definition) is 4. The van der Waals surface area contributed by atoms with E-state index in [-0.39, 0.29) is 11.5 Å². The van der Waals surface area contributed by atoms with Crippen molar-refractivity contribution in [2.24, 2.45) is 0 Å². The van der Waals surface area contributed by atoms with Crippen LogP contribution in [0.5, 0.6) is 5.75 Å². The average Bonchev–Trinajstić information content (AvgIpc) is 2.48. The fourth-order valence-electron chi connectivity index (χ4n) is 1.83. The van der Waals surface area contributed by atoms with Crippen molar-refractivity contribution in [3.05, 3.63) is 53.8 Å². The van der Waals surface area contributed by atoms with Gasteiger partial charge in [-0.25, -0.2) is 12.8 Å². The summed E-state index contributed by atoms with van der Waals surface area (Å²) in [7, 11) is -3.36. The minimum Gasteiger partial charge on any atom is -0.484 e. The lowest BCUT2D eigenvalue weighted by molar-refractivity contribution is -0.118. The Bertz CT molecular complexity index is 816. The maximum absolute atomic E-state index is 12.8. The first-order chi connectivity index (χ1) is 10.8. The zero-order valence-corrected chi connectivity index (χ0v) is 13.5. The number of aryl methyl sites for hydroxylation is 1. The molecule has 5 nitrogen and oxygen atoms in total. The van der Waals surface area contributed by atoms with E-state index < -0.39 is 21.6 Å². The monoisotopic (exact) mass is 337 g/mol. The van der Waals surface area contributed by atoms with E-state index in [1.807, 2.05) is 0 Å². The lowest BCUT2D eigenvalue weighted by Crippen LogP contribution is -2.20. The van der Waals surface area contributed by atoms with Crippen molar-refractivity contribution in [3.8, 4) is 5.75 Å². The van der Waals surface area contributed by atoms with Gasteiger partial charge in [-0.1, -0.05) is 6.07 Å². The van der Waals surface area contributed by atoms with Crippen LogP contribution in [0.3, 0.4) is 0 Å². The van der Waals surface area contributed by atoms with Crippen LogP contribution in [0.15, 0.2) is 47.4 Å². The van der Waals surface area contributed by atoms with Gasteiger partial charge >= 0.3 is 0 Å². The second kappa shape index (κ2) is 6.78. The van der Waals surface area contributed by atoms with Gasteiger partial charge in [0.1, 0.15) is 11.6 Å². The molecule has 23 heavy (non-hydrogen) atoms. The molecule has 2 aromatic rings. The van der Waals surface area contributed by atoms with Gasteiger partial charge in [0.05, 0.1) is 4.90 Å². The van der Waals surface area contributed by atoms with Crippen LogP contribution in [-0.2, 0) is 14.6 Å². The van der Waals surface area contributed by atoms with Crippen LogP contribution < -0.4 is 10.1 Å². The highest BCUT2D eigenvalue weighted by molar-refractivity contribution is 7.90. The van der Waals surface area contributed by atoms with Crippen molar-refractivity contribution in [3.63, 3.8) is 0 Å². The van der Waals surface area contributed by atoms with Gasteiger partial charge in [-0.3, -0.25) is 4.79 Å². The molecule has 1 amide bonds. The first-order valence-electron chi connectivity index (χ1n) is 6.74. The van der Waals surface area contributed by atoms with E-state index >= 15 is 0 Å². The molecule has 0 saturated carbocycles. The van der Waals surface area contributed by atoms with E-state index in [9.17, 15) is 17.6 Å². The van der Waals surface area contributed by atoms with Gasteiger partial charge in [0.25, 0.3) is 5.91 Å². The van der Waals surface area contributed by atoms with Crippen LogP contribution in [0.1, 0.15) is 5.56 Å². The number of amides is 1. The number of carbonyl (C=O) groups excluding carboxylic acids is 1. The molecule has 0 bridgehead atoms. The van der Waals surface area contributed by atoms with Crippen molar-refractivity contribution in [2.75, 3.05) is 18.2 Å². The molecular formula is C16H16FNO4S. The zero-order chi connectivity index (χ0) is 17.0. The van der Waals surface area contributed by atoms with Gasteiger partial charge < -0.3 is 10.1 Å². The van der Waals surface area contributed by atoms with Crippen LogP contribution in [0.4, 0.5) is 10.1 Å². The molecule has 0 aliphatic heterocycles. The van der Waals surface area contributed by atoms with Crippen LogP contribution in [-0.4, -0.2) is 27.2 Å². The highest BCUT2D eigenvalue weighted by Crippen LogP contribution is 2.20. The molecule has 2 rings (SSSR count). The van der Waals surface area contributed by atoms with E-state index in [1.165, 1.54) is 36.4 Å². The van der Waals surface area contributed by atoms with Gasteiger partial charge in [-0.15, -0.1) is 0 Å². The number of ether oxygens (including phenoxy) is 1. The van der Waals surface area contributed by atoms with Gasteiger partial charge in [-0.2, -0.15) is 0 Å². The maximum atomic E-state index is 12.8. The van der Waals surface area contributed by atoms with Crippen LogP contribution in [0.25, 0.3) is 0 Å². The Balaban J connectivity index is 2.04. The number of carbonyl (C=O) groups is 1. The number of benzene rings is 2. The minimum absolute atomic E-state index is 0.123. The Hall–Kier alpha value is -2.41. The molecule has 0 unspecified atom stereocenters. The third-order valence-electron chi connectivity index (χ3n) is 3.09. The number of nitrogens with one attached hydrogen (secondary N) is 1. The number of rotatable bonds is 5. The summed E-state index contributed by atoms with van der Waals surface area (Å²) in [4.78, 5) is 12.0. The molecule has 0 fully saturated rings. The molecule has 0 spiro atoms. The smallest absolute Gasteiger partial charge is 0.262 e. The largest absolute Gasteiger partial charge is 0.484 e. The zero-order valence-electron chi connectivity index (χ0n) is 12.7. The Kier molecular flexibility index (Phi) is 5.00. The predicted octanol–water partition coefficient (Wildman–Crippen LogP) is 2.56. The highest BCUT2D eigenvalue weighted by Gasteiger charge is 2.11. The van der Waals surface area contributed by atoms with Crippen LogP contribution in [0, 0.1) is 12.7 Å². The Morgan fingerprint density at radius 3 is 2.43 bits per heavy atom.